The Hall–Kier alpha value is -1.61. The van der Waals surface area contributed by atoms with E-state index < -0.39 is 0 Å². The molecule has 0 bridgehead atoms. The molecule has 1 aliphatic rings. The fraction of sp³-hybridized carbons (Fsp3) is 0.286. The van der Waals surface area contributed by atoms with Gasteiger partial charge in [0, 0.05) is 17.4 Å². The second-order valence-corrected chi connectivity index (χ2v) is 4.41. The van der Waals surface area contributed by atoms with Crippen LogP contribution < -0.4 is 0 Å². The SMILES string of the molecule is CCOC(=O)C1CC=C(Cl)C=C1c1cccnc1. The Kier molecular flexibility index (Phi) is 4.15. The molecule has 2 rings (SSSR count). The van der Waals surface area contributed by atoms with Crippen molar-refractivity contribution < 1.29 is 9.53 Å². The molecule has 0 N–H and O–H groups in total. The number of hydrogen-bond donors (Lipinski definition) is 0. The predicted octanol–water partition coefficient (Wildman–Crippen LogP) is 3.17. The number of rotatable bonds is 3. The van der Waals surface area contributed by atoms with Crippen molar-refractivity contribution in [2.24, 2.45) is 5.92 Å². The summed E-state index contributed by atoms with van der Waals surface area (Å²) in [5, 5.41) is 0.648. The Morgan fingerprint density at radius 2 is 2.44 bits per heavy atom. The van der Waals surface area contributed by atoms with Crippen LogP contribution in [-0.2, 0) is 9.53 Å². The van der Waals surface area contributed by atoms with E-state index >= 15 is 0 Å². The highest BCUT2D eigenvalue weighted by Crippen LogP contribution is 2.33. The number of ether oxygens (including phenoxy) is 1. The van der Waals surface area contributed by atoms with Gasteiger partial charge in [-0.25, -0.2) is 0 Å². The molecular weight excluding hydrogens is 250 g/mol. The van der Waals surface area contributed by atoms with Gasteiger partial charge in [-0.05, 0) is 36.6 Å². The molecule has 1 unspecified atom stereocenters. The summed E-state index contributed by atoms with van der Waals surface area (Å²) < 4.78 is 5.10. The van der Waals surface area contributed by atoms with Gasteiger partial charge < -0.3 is 4.74 Å². The van der Waals surface area contributed by atoms with Crippen molar-refractivity contribution in [1.82, 2.24) is 4.98 Å². The number of aromatic nitrogens is 1. The van der Waals surface area contributed by atoms with E-state index in [4.69, 9.17) is 16.3 Å². The van der Waals surface area contributed by atoms with Crippen molar-refractivity contribution in [3.8, 4) is 0 Å². The van der Waals surface area contributed by atoms with E-state index in [1.807, 2.05) is 24.3 Å². The van der Waals surface area contributed by atoms with Gasteiger partial charge in [0.1, 0.15) is 0 Å². The Labute approximate surface area is 111 Å². The summed E-state index contributed by atoms with van der Waals surface area (Å²) in [7, 11) is 0. The van der Waals surface area contributed by atoms with Crippen molar-refractivity contribution in [3.63, 3.8) is 0 Å². The number of allylic oxidation sites excluding steroid dienone is 3. The quantitative estimate of drug-likeness (QED) is 0.787. The van der Waals surface area contributed by atoms with Gasteiger partial charge in [0.15, 0.2) is 0 Å². The third kappa shape index (κ3) is 2.79. The molecule has 0 spiro atoms. The number of nitrogens with zero attached hydrogens (tertiary/aromatic N) is 1. The third-order valence-electron chi connectivity index (χ3n) is 2.78. The Morgan fingerprint density at radius 1 is 1.61 bits per heavy atom. The summed E-state index contributed by atoms with van der Waals surface area (Å²) in [5.74, 6) is -0.510. The monoisotopic (exact) mass is 263 g/mol. The normalized spacial score (nSPS) is 18.9. The largest absolute Gasteiger partial charge is 0.466 e. The molecule has 18 heavy (non-hydrogen) atoms. The first-order valence-electron chi connectivity index (χ1n) is 5.86. The van der Waals surface area contributed by atoms with Crippen molar-refractivity contribution in [2.75, 3.05) is 6.61 Å². The molecule has 1 heterocycles. The van der Waals surface area contributed by atoms with Crippen LogP contribution in [0.5, 0.6) is 0 Å². The summed E-state index contributed by atoms with van der Waals surface area (Å²) in [6, 6.07) is 3.76. The van der Waals surface area contributed by atoms with Gasteiger partial charge in [0.2, 0.25) is 0 Å². The molecule has 1 atom stereocenters. The number of carbonyl (C=O) groups excluding carboxylic acids is 1. The fourth-order valence-corrected chi connectivity index (χ4v) is 2.16. The van der Waals surface area contributed by atoms with E-state index in [-0.39, 0.29) is 11.9 Å². The van der Waals surface area contributed by atoms with Gasteiger partial charge in [-0.3, -0.25) is 9.78 Å². The molecule has 3 nitrogen and oxygen atoms in total. The molecule has 1 aliphatic carbocycles. The summed E-state index contributed by atoms with van der Waals surface area (Å²) in [6.45, 7) is 2.18. The van der Waals surface area contributed by atoms with Crippen LogP contribution >= 0.6 is 11.6 Å². The summed E-state index contributed by atoms with van der Waals surface area (Å²) >= 11 is 6.02. The summed E-state index contributed by atoms with van der Waals surface area (Å²) in [5.41, 5.74) is 1.77. The summed E-state index contributed by atoms with van der Waals surface area (Å²) in [4.78, 5) is 16.0. The lowest BCUT2D eigenvalue weighted by Gasteiger charge is -2.21. The molecule has 0 aromatic carbocycles. The first kappa shape index (κ1) is 12.8. The average Bonchev–Trinajstić information content (AvgIpc) is 2.40. The first-order chi connectivity index (χ1) is 8.72. The van der Waals surface area contributed by atoms with Crippen LogP contribution in [0.1, 0.15) is 18.9 Å². The Bertz CT molecular complexity index is 494. The number of pyridine rings is 1. The minimum absolute atomic E-state index is 0.215. The third-order valence-corrected chi connectivity index (χ3v) is 3.05. The van der Waals surface area contributed by atoms with Crippen LogP contribution in [0.3, 0.4) is 0 Å². The zero-order valence-electron chi connectivity index (χ0n) is 10.1. The van der Waals surface area contributed by atoms with E-state index in [1.165, 1.54) is 0 Å². The second-order valence-electron chi connectivity index (χ2n) is 3.97. The summed E-state index contributed by atoms with van der Waals surface area (Å²) in [6.07, 6.45) is 7.64. The molecule has 0 aliphatic heterocycles. The van der Waals surface area contributed by atoms with Crippen LogP contribution in [0, 0.1) is 5.92 Å². The molecule has 0 fully saturated rings. The van der Waals surface area contributed by atoms with E-state index in [0.29, 0.717) is 18.1 Å². The lowest BCUT2D eigenvalue weighted by molar-refractivity contribution is -0.145. The highest BCUT2D eigenvalue weighted by Gasteiger charge is 2.27. The molecular formula is C14H14ClNO2. The molecule has 0 saturated heterocycles. The molecule has 0 radical (unpaired) electrons. The van der Waals surface area contributed by atoms with Crippen LogP contribution in [-0.4, -0.2) is 17.6 Å². The van der Waals surface area contributed by atoms with Crippen molar-refractivity contribution >= 4 is 23.1 Å². The number of esters is 1. The van der Waals surface area contributed by atoms with Gasteiger partial charge >= 0.3 is 5.97 Å². The van der Waals surface area contributed by atoms with E-state index in [1.54, 1.807) is 19.3 Å². The number of carbonyl (C=O) groups is 1. The first-order valence-corrected chi connectivity index (χ1v) is 6.24. The topological polar surface area (TPSA) is 39.2 Å². The maximum Gasteiger partial charge on any atom is 0.313 e. The molecule has 1 aromatic heterocycles. The Balaban J connectivity index is 2.32. The van der Waals surface area contributed by atoms with Crippen LogP contribution in [0.2, 0.25) is 0 Å². The maximum absolute atomic E-state index is 11.9. The molecule has 0 saturated carbocycles. The fourth-order valence-electron chi connectivity index (χ4n) is 1.95. The minimum atomic E-state index is -0.295. The zero-order chi connectivity index (χ0) is 13.0. The van der Waals surface area contributed by atoms with E-state index in [2.05, 4.69) is 4.98 Å². The van der Waals surface area contributed by atoms with Gasteiger partial charge in [0.05, 0.1) is 12.5 Å². The van der Waals surface area contributed by atoms with Crippen LogP contribution in [0.4, 0.5) is 0 Å². The second kappa shape index (κ2) is 5.83. The zero-order valence-corrected chi connectivity index (χ0v) is 10.9. The molecule has 94 valence electrons. The molecule has 4 heteroatoms. The predicted molar refractivity (Wildman–Crippen MR) is 70.9 cm³/mol. The number of hydrogen-bond acceptors (Lipinski definition) is 3. The Morgan fingerprint density at radius 3 is 3.11 bits per heavy atom. The smallest absolute Gasteiger partial charge is 0.313 e. The molecule has 1 aromatic rings. The van der Waals surface area contributed by atoms with Crippen molar-refractivity contribution in [3.05, 3.63) is 47.3 Å². The van der Waals surface area contributed by atoms with E-state index in [9.17, 15) is 4.79 Å². The average molecular weight is 264 g/mol. The molecule has 0 amide bonds. The van der Waals surface area contributed by atoms with Gasteiger partial charge in [-0.1, -0.05) is 23.7 Å². The minimum Gasteiger partial charge on any atom is -0.466 e. The van der Waals surface area contributed by atoms with Crippen LogP contribution in [0.15, 0.2) is 41.7 Å². The highest BCUT2D eigenvalue weighted by atomic mass is 35.5. The maximum atomic E-state index is 11.9. The van der Waals surface area contributed by atoms with Gasteiger partial charge in [0.25, 0.3) is 0 Å². The van der Waals surface area contributed by atoms with Gasteiger partial charge in [-0.15, -0.1) is 0 Å². The van der Waals surface area contributed by atoms with Crippen molar-refractivity contribution in [1.29, 1.82) is 0 Å². The van der Waals surface area contributed by atoms with Gasteiger partial charge in [-0.2, -0.15) is 0 Å². The van der Waals surface area contributed by atoms with E-state index in [0.717, 1.165) is 11.1 Å². The highest BCUT2D eigenvalue weighted by molar-refractivity contribution is 6.32. The van der Waals surface area contributed by atoms with Crippen molar-refractivity contribution in [2.45, 2.75) is 13.3 Å². The van der Waals surface area contributed by atoms with Crippen LogP contribution in [0.25, 0.3) is 5.57 Å². The number of halogens is 1. The lowest BCUT2D eigenvalue weighted by Crippen LogP contribution is -2.20. The standard InChI is InChI=1S/C14H14ClNO2/c1-2-18-14(17)12-6-5-11(15)8-13(12)10-4-3-7-16-9-10/h3-5,7-9,12H,2,6H2,1H3. The lowest BCUT2D eigenvalue weighted by atomic mass is 9.87.